The van der Waals surface area contributed by atoms with Crippen LogP contribution in [0.5, 0.6) is 0 Å². The van der Waals surface area contributed by atoms with E-state index in [4.69, 9.17) is 9.47 Å². The van der Waals surface area contributed by atoms with Crippen LogP contribution in [0.15, 0.2) is 18.2 Å². The minimum Gasteiger partial charge on any atom is -0.460 e. The second-order valence-corrected chi connectivity index (χ2v) is 13.1. The molecule has 0 heterocycles. The van der Waals surface area contributed by atoms with Crippen molar-refractivity contribution in [2.45, 2.75) is 179 Å². The minimum absolute atomic E-state index is 0.212. The third-order valence-electron chi connectivity index (χ3n) is 9.66. The first kappa shape index (κ1) is 36.0. The van der Waals surface area contributed by atoms with Gasteiger partial charge in [0.15, 0.2) is 12.3 Å². The molecule has 44 heavy (non-hydrogen) atoms. The fraction of sp³-hybridized carbons (Fsp3) is 0.757. The number of nitrogens with zero attached hydrogens (tertiary/aromatic N) is 1. The fourth-order valence-corrected chi connectivity index (χ4v) is 6.85. The first-order valence-electron chi connectivity index (χ1n) is 17.6. The molecule has 2 fully saturated rings. The van der Waals surface area contributed by atoms with E-state index in [1.165, 1.54) is 0 Å². The van der Waals surface area contributed by atoms with Gasteiger partial charge in [0.2, 0.25) is 0 Å². The van der Waals surface area contributed by atoms with E-state index in [2.05, 4.69) is 32.0 Å². The highest BCUT2D eigenvalue weighted by molar-refractivity contribution is 5.75. The average molecular weight is 616 g/mol. The summed E-state index contributed by atoms with van der Waals surface area (Å²) in [6.45, 7) is 4.27. The SMILES string of the molecule is CCCCCCC[C@H](F)C(=O)O[C@H]1CC[C@H](c2ccc([C@H]3CC[C@H](OC(=O)[C@@H](F)CCCCCCC)CC3)c(C#N)c2)CC1. The zero-order valence-electron chi connectivity index (χ0n) is 27.2. The molecule has 0 N–H and O–H groups in total. The first-order valence-corrected chi connectivity index (χ1v) is 17.6. The van der Waals surface area contributed by atoms with Gasteiger partial charge in [-0.25, -0.2) is 18.4 Å². The van der Waals surface area contributed by atoms with Crippen LogP contribution in [-0.2, 0) is 19.1 Å². The number of benzene rings is 1. The molecule has 0 spiro atoms. The van der Waals surface area contributed by atoms with Crippen LogP contribution in [0.1, 0.15) is 171 Å². The molecule has 7 heteroatoms. The lowest BCUT2D eigenvalue weighted by atomic mass is 9.78. The summed E-state index contributed by atoms with van der Waals surface area (Å²) in [5.74, 6) is -0.949. The van der Waals surface area contributed by atoms with Crippen molar-refractivity contribution in [3.63, 3.8) is 0 Å². The van der Waals surface area contributed by atoms with Crippen LogP contribution >= 0.6 is 0 Å². The number of nitriles is 1. The van der Waals surface area contributed by atoms with Crippen LogP contribution in [0.25, 0.3) is 0 Å². The van der Waals surface area contributed by atoms with Crippen LogP contribution in [0.2, 0.25) is 0 Å². The largest absolute Gasteiger partial charge is 0.460 e. The Morgan fingerprint density at radius 1 is 0.727 bits per heavy atom. The molecule has 0 radical (unpaired) electrons. The van der Waals surface area contributed by atoms with Gasteiger partial charge in [0, 0.05) is 0 Å². The first-order chi connectivity index (χ1) is 21.4. The molecule has 2 aliphatic carbocycles. The lowest BCUT2D eigenvalue weighted by Crippen LogP contribution is -2.29. The van der Waals surface area contributed by atoms with Crippen molar-refractivity contribution in [2.24, 2.45) is 0 Å². The Kier molecular flexibility index (Phi) is 16.2. The van der Waals surface area contributed by atoms with Crippen molar-refractivity contribution >= 4 is 11.9 Å². The summed E-state index contributed by atoms with van der Waals surface area (Å²) < 4.78 is 39.7. The molecule has 5 nitrogen and oxygen atoms in total. The molecule has 1 aromatic rings. The molecule has 2 atom stereocenters. The maximum absolute atomic E-state index is 14.3. The van der Waals surface area contributed by atoms with Gasteiger partial charge >= 0.3 is 11.9 Å². The maximum Gasteiger partial charge on any atom is 0.340 e. The molecular formula is C37H55F2NO4. The molecule has 1 aromatic carbocycles. The molecule has 0 aliphatic heterocycles. The third-order valence-corrected chi connectivity index (χ3v) is 9.66. The van der Waals surface area contributed by atoms with E-state index in [0.717, 1.165) is 88.2 Å². The van der Waals surface area contributed by atoms with Crippen LogP contribution in [0.4, 0.5) is 8.78 Å². The quantitative estimate of drug-likeness (QED) is 0.121. The number of halogens is 2. The summed E-state index contributed by atoms with van der Waals surface area (Å²) in [7, 11) is 0. The number of esters is 2. The molecule has 0 saturated heterocycles. The van der Waals surface area contributed by atoms with Crippen LogP contribution < -0.4 is 0 Å². The molecule has 0 bridgehead atoms. The van der Waals surface area contributed by atoms with Crippen molar-refractivity contribution in [3.05, 3.63) is 34.9 Å². The van der Waals surface area contributed by atoms with Gasteiger partial charge in [-0.05, 0) is 106 Å². The van der Waals surface area contributed by atoms with Gasteiger partial charge in [-0.15, -0.1) is 0 Å². The Morgan fingerprint density at radius 3 is 1.64 bits per heavy atom. The molecule has 246 valence electrons. The predicted molar refractivity (Wildman–Crippen MR) is 170 cm³/mol. The highest BCUT2D eigenvalue weighted by Crippen LogP contribution is 2.39. The van der Waals surface area contributed by atoms with Crippen LogP contribution in [-0.4, -0.2) is 36.5 Å². The minimum atomic E-state index is -1.54. The third kappa shape index (κ3) is 11.8. The topological polar surface area (TPSA) is 76.4 Å². The average Bonchev–Trinajstić information content (AvgIpc) is 3.04. The number of hydrogen-bond donors (Lipinski definition) is 0. The number of rotatable bonds is 18. The number of alkyl halides is 2. The Morgan fingerprint density at radius 2 is 1.18 bits per heavy atom. The maximum atomic E-state index is 14.3. The Balaban J connectivity index is 1.41. The van der Waals surface area contributed by atoms with Gasteiger partial charge in [0.1, 0.15) is 12.2 Å². The summed E-state index contributed by atoms with van der Waals surface area (Å²) >= 11 is 0. The number of carbonyl (C=O) groups is 2. The van der Waals surface area contributed by atoms with Crippen molar-refractivity contribution < 1.29 is 27.8 Å². The molecular weight excluding hydrogens is 560 g/mol. The smallest absolute Gasteiger partial charge is 0.340 e. The molecule has 0 amide bonds. The van der Waals surface area contributed by atoms with Crippen molar-refractivity contribution in [2.75, 3.05) is 0 Å². The Labute approximate surface area is 264 Å². The van der Waals surface area contributed by atoms with Gasteiger partial charge in [0.05, 0.1) is 11.6 Å². The van der Waals surface area contributed by atoms with Gasteiger partial charge in [0.25, 0.3) is 0 Å². The lowest BCUT2D eigenvalue weighted by Gasteiger charge is -2.31. The summed E-state index contributed by atoms with van der Waals surface area (Å²) in [5, 5.41) is 9.97. The summed E-state index contributed by atoms with van der Waals surface area (Å²) in [5.41, 5.74) is 2.84. The highest BCUT2D eigenvalue weighted by atomic mass is 19.1. The van der Waals surface area contributed by atoms with Crippen molar-refractivity contribution in [3.8, 4) is 6.07 Å². The van der Waals surface area contributed by atoms with E-state index < -0.39 is 24.3 Å². The zero-order valence-corrected chi connectivity index (χ0v) is 27.2. The fourth-order valence-electron chi connectivity index (χ4n) is 6.85. The number of hydrogen-bond acceptors (Lipinski definition) is 5. The summed E-state index contributed by atoms with van der Waals surface area (Å²) in [4.78, 5) is 24.5. The zero-order chi connectivity index (χ0) is 31.7. The van der Waals surface area contributed by atoms with Crippen LogP contribution in [0, 0.1) is 11.3 Å². The van der Waals surface area contributed by atoms with E-state index in [9.17, 15) is 23.6 Å². The van der Waals surface area contributed by atoms with Gasteiger partial charge in [-0.3, -0.25) is 0 Å². The van der Waals surface area contributed by atoms with E-state index in [1.807, 2.05) is 6.07 Å². The van der Waals surface area contributed by atoms with Gasteiger partial charge < -0.3 is 9.47 Å². The standard InChI is InChI=1S/C37H55F2NO4/c1-3-5-7-9-11-13-34(38)36(41)43-31-20-15-27(16-21-31)29-19-24-33(30(25-29)26-40)28-17-22-32(23-18-28)44-37(42)35(39)14-12-10-8-6-4-2/h19,24-25,27-28,31-32,34-35H,3-18,20-23H2,1-2H3/t27-,28-,31-,32-,34-,35-/m0/s1. The number of carbonyl (C=O) groups excluding carboxylic acids is 2. The van der Waals surface area contributed by atoms with E-state index >= 15 is 0 Å². The second-order valence-electron chi connectivity index (χ2n) is 13.1. The van der Waals surface area contributed by atoms with Crippen LogP contribution in [0.3, 0.4) is 0 Å². The number of ether oxygens (including phenoxy) is 2. The van der Waals surface area contributed by atoms with Gasteiger partial charge in [-0.1, -0.05) is 77.3 Å². The normalized spacial score (nSPS) is 23.3. The molecule has 0 unspecified atom stereocenters. The summed E-state index contributed by atoms with van der Waals surface area (Å²) in [6.07, 6.45) is 12.9. The van der Waals surface area contributed by atoms with Crippen molar-refractivity contribution in [1.29, 1.82) is 5.26 Å². The molecule has 3 rings (SSSR count). The van der Waals surface area contributed by atoms with E-state index in [1.54, 1.807) is 0 Å². The molecule has 2 aliphatic rings. The number of unbranched alkanes of at least 4 members (excludes halogenated alkanes) is 8. The van der Waals surface area contributed by atoms with Crippen molar-refractivity contribution in [1.82, 2.24) is 0 Å². The Hall–Kier alpha value is -2.49. The lowest BCUT2D eigenvalue weighted by molar-refractivity contribution is -0.157. The highest BCUT2D eigenvalue weighted by Gasteiger charge is 2.31. The van der Waals surface area contributed by atoms with E-state index in [0.29, 0.717) is 44.1 Å². The summed E-state index contributed by atoms with van der Waals surface area (Å²) in [6, 6.07) is 8.58. The molecule has 2 saturated carbocycles. The second kappa shape index (κ2) is 19.8. The molecule has 0 aromatic heterocycles. The predicted octanol–water partition coefficient (Wildman–Crippen LogP) is 10.1. The van der Waals surface area contributed by atoms with E-state index in [-0.39, 0.29) is 36.9 Å². The van der Waals surface area contributed by atoms with Gasteiger partial charge in [-0.2, -0.15) is 5.26 Å². The Bertz CT molecular complexity index is 1040. The monoisotopic (exact) mass is 615 g/mol.